The molecule has 6 heteroatoms. The standard InChI is InChI=1S/C13H9N5O/c1-17-13(19)10-4-2-3-5-11(10)18-12(8-16)9(6-14)7-15/h2-5,18H,1H3,(H,17,19). The highest BCUT2D eigenvalue weighted by Crippen LogP contribution is 2.18. The fraction of sp³-hybridized carbons (Fsp3) is 0.0769. The third-order valence-corrected chi connectivity index (χ3v) is 2.24. The van der Waals surface area contributed by atoms with Crippen molar-refractivity contribution in [1.82, 2.24) is 5.32 Å². The second kappa shape index (κ2) is 6.44. The number of nitrogens with one attached hydrogen (secondary N) is 2. The summed E-state index contributed by atoms with van der Waals surface area (Å²) in [6, 6.07) is 11.4. The van der Waals surface area contributed by atoms with Crippen molar-refractivity contribution < 1.29 is 4.79 Å². The third kappa shape index (κ3) is 3.09. The first kappa shape index (κ1) is 13.8. The molecule has 2 N–H and O–H groups in total. The molecule has 0 heterocycles. The predicted molar refractivity (Wildman–Crippen MR) is 67.3 cm³/mol. The molecule has 0 fully saturated rings. The number of hydrogen-bond donors (Lipinski definition) is 2. The minimum Gasteiger partial charge on any atom is -0.355 e. The van der Waals surface area contributed by atoms with E-state index in [4.69, 9.17) is 15.8 Å². The Kier molecular flexibility index (Phi) is 4.66. The topological polar surface area (TPSA) is 112 Å². The molecular weight excluding hydrogens is 242 g/mol. The van der Waals surface area contributed by atoms with Crippen molar-refractivity contribution in [3.8, 4) is 18.2 Å². The number of nitriles is 3. The predicted octanol–water partition coefficient (Wildman–Crippen LogP) is 1.28. The number of carbonyl (C=O) groups excluding carboxylic acids is 1. The van der Waals surface area contributed by atoms with Crippen LogP contribution in [0.1, 0.15) is 10.4 Å². The molecular formula is C13H9N5O. The van der Waals surface area contributed by atoms with E-state index in [2.05, 4.69) is 10.6 Å². The van der Waals surface area contributed by atoms with Crippen molar-refractivity contribution >= 4 is 11.6 Å². The number of nitrogens with zero attached hydrogens (tertiary/aromatic N) is 3. The van der Waals surface area contributed by atoms with Gasteiger partial charge in [-0.2, -0.15) is 15.8 Å². The van der Waals surface area contributed by atoms with Gasteiger partial charge in [-0.3, -0.25) is 4.79 Å². The highest BCUT2D eigenvalue weighted by atomic mass is 16.1. The van der Waals surface area contributed by atoms with Gasteiger partial charge in [0.25, 0.3) is 5.91 Å². The lowest BCUT2D eigenvalue weighted by Crippen LogP contribution is -2.19. The molecule has 0 bridgehead atoms. The molecule has 0 aliphatic rings. The van der Waals surface area contributed by atoms with Gasteiger partial charge in [-0.25, -0.2) is 0 Å². The van der Waals surface area contributed by atoms with E-state index in [-0.39, 0.29) is 17.2 Å². The van der Waals surface area contributed by atoms with Gasteiger partial charge in [-0.05, 0) is 12.1 Å². The monoisotopic (exact) mass is 251 g/mol. The molecule has 1 rings (SSSR count). The van der Waals surface area contributed by atoms with Gasteiger partial charge in [0.2, 0.25) is 0 Å². The number of anilines is 1. The van der Waals surface area contributed by atoms with Crippen LogP contribution in [0.5, 0.6) is 0 Å². The summed E-state index contributed by atoms with van der Waals surface area (Å²) in [5.74, 6) is -0.337. The molecule has 1 aromatic carbocycles. The van der Waals surface area contributed by atoms with Gasteiger partial charge in [-0.15, -0.1) is 0 Å². The number of hydrogen-bond acceptors (Lipinski definition) is 5. The van der Waals surface area contributed by atoms with E-state index < -0.39 is 0 Å². The Morgan fingerprint density at radius 3 is 2.26 bits per heavy atom. The van der Waals surface area contributed by atoms with Crippen LogP contribution in [0.15, 0.2) is 35.5 Å². The number of para-hydroxylation sites is 1. The molecule has 1 aromatic rings. The third-order valence-electron chi connectivity index (χ3n) is 2.24. The van der Waals surface area contributed by atoms with Crippen molar-refractivity contribution in [3.63, 3.8) is 0 Å². The van der Waals surface area contributed by atoms with Gasteiger partial charge >= 0.3 is 0 Å². The van der Waals surface area contributed by atoms with Crippen LogP contribution in [0.2, 0.25) is 0 Å². The maximum atomic E-state index is 11.6. The molecule has 0 unspecified atom stereocenters. The van der Waals surface area contributed by atoms with Gasteiger partial charge in [0, 0.05) is 7.05 Å². The summed E-state index contributed by atoms with van der Waals surface area (Å²) in [6.45, 7) is 0. The Balaban J connectivity index is 3.25. The molecule has 6 nitrogen and oxygen atoms in total. The lowest BCUT2D eigenvalue weighted by Gasteiger charge is -2.09. The summed E-state index contributed by atoms with van der Waals surface area (Å²) in [6.07, 6.45) is 0. The summed E-state index contributed by atoms with van der Waals surface area (Å²) in [4.78, 5) is 11.6. The molecule has 1 amide bonds. The molecule has 0 atom stereocenters. The first-order valence-electron chi connectivity index (χ1n) is 5.20. The highest BCUT2D eigenvalue weighted by molar-refractivity contribution is 5.99. The Morgan fingerprint density at radius 1 is 1.11 bits per heavy atom. The second-order valence-corrected chi connectivity index (χ2v) is 3.34. The van der Waals surface area contributed by atoms with Crippen LogP contribution in [0.25, 0.3) is 0 Å². The van der Waals surface area contributed by atoms with Gasteiger partial charge in [-0.1, -0.05) is 12.1 Å². The average Bonchev–Trinajstić information content (AvgIpc) is 2.47. The van der Waals surface area contributed by atoms with Crippen molar-refractivity contribution in [1.29, 1.82) is 15.8 Å². The van der Waals surface area contributed by atoms with E-state index in [1.54, 1.807) is 42.5 Å². The van der Waals surface area contributed by atoms with E-state index in [0.717, 1.165) is 0 Å². The van der Waals surface area contributed by atoms with Crippen LogP contribution in [-0.4, -0.2) is 13.0 Å². The molecule has 0 saturated heterocycles. The molecule has 0 radical (unpaired) electrons. The fourth-order valence-electron chi connectivity index (χ4n) is 1.34. The molecule has 0 spiro atoms. The molecule has 0 aliphatic heterocycles. The largest absolute Gasteiger partial charge is 0.355 e. The first-order chi connectivity index (χ1) is 9.17. The zero-order valence-corrected chi connectivity index (χ0v) is 10.1. The van der Waals surface area contributed by atoms with Crippen molar-refractivity contribution in [2.24, 2.45) is 0 Å². The smallest absolute Gasteiger partial charge is 0.253 e. The zero-order chi connectivity index (χ0) is 14.3. The minimum absolute atomic E-state index is 0.193. The van der Waals surface area contributed by atoms with Gasteiger partial charge in [0.15, 0.2) is 5.57 Å². The Hall–Kier alpha value is -3.30. The van der Waals surface area contributed by atoms with Crippen LogP contribution in [0.4, 0.5) is 5.69 Å². The second-order valence-electron chi connectivity index (χ2n) is 3.34. The lowest BCUT2D eigenvalue weighted by atomic mass is 10.1. The van der Waals surface area contributed by atoms with E-state index in [1.807, 2.05) is 0 Å². The number of rotatable bonds is 3. The highest BCUT2D eigenvalue weighted by Gasteiger charge is 2.12. The maximum Gasteiger partial charge on any atom is 0.253 e. The molecule has 92 valence electrons. The first-order valence-corrected chi connectivity index (χ1v) is 5.20. The minimum atomic E-state index is -0.339. The van der Waals surface area contributed by atoms with Crippen LogP contribution < -0.4 is 10.6 Å². The van der Waals surface area contributed by atoms with E-state index >= 15 is 0 Å². The van der Waals surface area contributed by atoms with E-state index in [1.165, 1.54) is 7.05 Å². The fourth-order valence-corrected chi connectivity index (χ4v) is 1.34. The number of allylic oxidation sites excluding steroid dienone is 2. The SMILES string of the molecule is CNC(=O)c1ccccc1NC(C#N)=C(C#N)C#N. The normalized spacial score (nSPS) is 8.32. The zero-order valence-electron chi connectivity index (χ0n) is 10.1. The molecule has 0 saturated carbocycles. The Bertz CT molecular complexity index is 639. The maximum absolute atomic E-state index is 11.6. The Labute approximate surface area is 110 Å². The summed E-state index contributed by atoms with van der Waals surface area (Å²) in [5, 5.41) is 31.5. The quantitative estimate of drug-likeness (QED) is 0.786. The summed E-state index contributed by atoms with van der Waals surface area (Å²) >= 11 is 0. The number of carbonyl (C=O) groups is 1. The average molecular weight is 251 g/mol. The van der Waals surface area contributed by atoms with Gasteiger partial charge < -0.3 is 10.6 Å². The molecule has 19 heavy (non-hydrogen) atoms. The van der Waals surface area contributed by atoms with Gasteiger partial charge in [0.1, 0.15) is 23.9 Å². The van der Waals surface area contributed by atoms with E-state index in [9.17, 15) is 4.79 Å². The van der Waals surface area contributed by atoms with E-state index in [0.29, 0.717) is 11.3 Å². The van der Waals surface area contributed by atoms with Crippen LogP contribution in [0, 0.1) is 34.0 Å². The lowest BCUT2D eigenvalue weighted by molar-refractivity contribution is 0.0964. The molecule has 0 aromatic heterocycles. The number of amides is 1. The molecule has 0 aliphatic carbocycles. The van der Waals surface area contributed by atoms with Crippen molar-refractivity contribution in [3.05, 3.63) is 41.1 Å². The Morgan fingerprint density at radius 2 is 1.74 bits per heavy atom. The summed E-state index contributed by atoms with van der Waals surface area (Å²) < 4.78 is 0. The van der Waals surface area contributed by atoms with Crippen LogP contribution >= 0.6 is 0 Å². The van der Waals surface area contributed by atoms with Crippen LogP contribution in [-0.2, 0) is 0 Å². The van der Waals surface area contributed by atoms with Gasteiger partial charge in [0.05, 0.1) is 11.3 Å². The van der Waals surface area contributed by atoms with Crippen molar-refractivity contribution in [2.75, 3.05) is 12.4 Å². The van der Waals surface area contributed by atoms with Crippen LogP contribution in [0.3, 0.4) is 0 Å². The summed E-state index contributed by atoms with van der Waals surface area (Å²) in [5.41, 5.74) is 0.130. The number of benzene rings is 1. The summed E-state index contributed by atoms with van der Waals surface area (Å²) in [7, 11) is 1.48. The van der Waals surface area contributed by atoms with Crippen molar-refractivity contribution in [2.45, 2.75) is 0 Å².